The third-order valence-electron chi connectivity index (χ3n) is 6.16. The molecule has 3 atom stereocenters. The van der Waals surface area contributed by atoms with Crippen molar-refractivity contribution < 1.29 is 19.1 Å². The highest BCUT2D eigenvalue weighted by atomic mass is 16.6. The lowest BCUT2D eigenvalue weighted by Crippen LogP contribution is -2.66. The fraction of sp³-hybridized carbons (Fsp3) is 0.684. The first kappa shape index (κ1) is 16.3. The van der Waals surface area contributed by atoms with Gasteiger partial charge in [-0.05, 0) is 37.7 Å². The van der Waals surface area contributed by atoms with Crippen molar-refractivity contribution in [2.75, 3.05) is 32.9 Å². The average Bonchev–Trinajstić information content (AvgIpc) is 3.44. The predicted molar refractivity (Wildman–Crippen MR) is 92.9 cm³/mol. The topological polar surface area (TPSA) is 74.9 Å². The summed E-state index contributed by atoms with van der Waals surface area (Å²) < 4.78 is 11.0. The van der Waals surface area contributed by atoms with E-state index in [1.165, 1.54) is 12.8 Å². The molecular weight excluding hydrogens is 334 g/mol. The SMILES string of the molecule is O=C(c1cc[nH]c1C1CC1)N1CC2CCC1CN2C(=O)C1COCCO1. The van der Waals surface area contributed by atoms with Gasteiger partial charge in [0.1, 0.15) is 0 Å². The molecule has 3 unspecified atom stereocenters. The van der Waals surface area contributed by atoms with Crippen LogP contribution >= 0.6 is 0 Å². The summed E-state index contributed by atoms with van der Waals surface area (Å²) in [4.78, 5) is 33.1. The van der Waals surface area contributed by atoms with Crippen LogP contribution in [0.15, 0.2) is 12.3 Å². The van der Waals surface area contributed by atoms with Crippen LogP contribution in [0.1, 0.15) is 47.7 Å². The van der Waals surface area contributed by atoms with E-state index >= 15 is 0 Å². The fourth-order valence-electron chi connectivity index (χ4n) is 4.60. The Hall–Kier alpha value is -1.86. The highest BCUT2D eigenvalue weighted by Crippen LogP contribution is 2.41. The highest BCUT2D eigenvalue weighted by Gasteiger charge is 2.45. The number of piperidine rings is 2. The number of piperazine rings is 1. The van der Waals surface area contributed by atoms with Crippen LogP contribution < -0.4 is 0 Å². The number of rotatable bonds is 3. The van der Waals surface area contributed by atoms with Crippen LogP contribution in [0, 0.1) is 0 Å². The third-order valence-corrected chi connectivity index (χ3v) is 6.16. The van der Waals surface area contributed by atoms with Crippen LogP contribution in [0.25, 0.3) is 0 Å². The highest BCUT2D eigenvalue weighted by molar-refractivity contribution is 5.96. The molecule has 4 saturated heterocycles. The van der Waals surface area contributed by atoms with Crippen molar-refractivity contribution in [1.82, 2.24) is 14.8 Å². The molecule has 5 fully saturated rings. The van der Waals surface area contributed by atoms with Crippen molar-refractivity contribution in [1.29, 1.82) is 0 Å². The molecule has 6 rings (SSSR count). The number of nitrogens with one attached hydrogen (secondary N) is 1. The van der Waals surface area contributed by atoms with Crippen LogP contribution in [0.2, 0.25) is 0 Å². The molecule has 4 aliphatic heterocycles. The molecule has 1 aromatic heterocycles. The Bertz CT molecular complexity index is 707. The van der Waals surface area contributed by atoms with Gasteiger partial charge in [0.25, 0.3) is 11.8 Å². The first-order valence-corrected chi connectivity index (χ1v) is 9.70. The summed E-state index contributed by atoms with van der Waals surface area (Å²) in [6, 6.07) is 2.10. The van der Waals surface area contributed by atoms with Gasteiger partial charge in [-0.1, -0.05) is 0 Å². The molecule has 2 bridgehead atoms. The summed E-state index contributed by atoms with van der Waals surface area (Å²) in [5.74, 6) is 0.659. The molecule has 2 amide bonds. The maximum Gasteiger partial charge on any atom is 0.256 e. The Morgan fingerprint density at radius 2 is 1.81 bits per heavy atom. The van der Waals surface area contributed by atoms with E-state index in [1.807, 2.05) is 22.1 Å². The first-order valence-electron chi connectivity index (χ1n) is 9.70. The van der Waals surface area contributed by atoms with Crippen LogP contribution in [0.3, 0.4) is 0 Å². The molecule has 1 aliphatic carbocycles. The van der Waals surface area contributed by atoms with Crippen molar-refractivity contribution >= 4 is 11.8 Å². The second-order valence-electron chi connectivity index (χ2n) is 7.85. The lowest BCUT2D eigenvalue weighted by Gasteiger charge is -2.52. The van der Waals surface area contributed by atoms with Gasteiger partial charge in [-0.25, -0.2) is 0 Å². The molecular formula is C19H25N3O4. The number of hydrogen-bond donors (Lipinski definition) is 1. The van der Waals surface area contributed by atoms with Gasteiger partial charge in [0, 0.05) is 37.1 Å². The van der Waals surface area contributed by atoms with Gasteiger partial charge in [-0.3, -0.25) is 9.59 Å². The zero-order valence-electron chi connectivity index (χ0n) is 14.9. The van der Waals surface area contributed by atoms with Crippen LogP contribution in [0.5, 0.6) is 0 Å². The predicted octanol–water partition coefficient (Wildman–Crippen LogP) is 1.12. The van der Waals surface area contributed by atoms with Crippen molar-refractivity contribution in [2.24, 2.45) is 0 Å². The lowest BCUT2D eigenvalue weighted by atomic mass is 9.89. The number of fused-ring (bicyclic) bond motifs is 3. The van der Waals surface area contributed by atoms with E-state index in [9.17, 15) is 9.59 Å². The number of amides is 2. The zero-order chi connectivity index (χ0) is 17.7. The number of aromatic nitrogens is 1. The lowest BCUT2D eigenvalue weighted by molar-refractivity contribution is -0.166. The van der Waals surface area contributed by atoms with Gasteiger partial charge in [-0.15, -0.1) is 0 Å². The molecule has 0 aromatic carbocycles. The number of H-pyrrole nitrogens is 1. The van der Waals surface area contributed by atoms with Gasteiger partial charge >= 0.3 is 0 Å². The Labute approximate surface area is 152 Å². The van der Waals surface area contributed by atoms with Crippen LogP contribution in [-0.4, -0.2) is 77.7 Å². The van der Waals surface area contributed by atoms with Gasteiger partial charge in [0.2, 0.25) is 0 Å². The van der Waals surface area contributed by atoms with Crippen LogP contribution in [-0.2, 0) is 14.3 Å². The number of ether oxygens (including phenoxy) is 2. The zero-order valence-corrected chi connectivity index (χ0v) is 14.9. The average molecular weight is 359 g/mol. The van der Waals surface area contributed by atoms with E-state index in [4.69, 9.17) is 9.47 Å². The van der Waals surface area contributed by atoms with Gasteiger partial charge in [0.15, 0.2) is 6.10 Å². The summed E-state index contributed by atoms with van der Waals surface area (Å²) in [6.45, 7) is 2.60. The number of carbonyl (C=O) groups is 2. The Morgan fingerprint density at radius 1 is 1.04 bits per heavy atom. The van der Waals surface area contributed by atoms with E-state index in [-0.39, 0.29) is 23.9 Å². The number of aromatic amines is 1. The maximum absolute atomic E-state index is 13.1. The van der Waals surface area contributed by atoms with E-state index in [2.05, 4.69) is 4.98 Å². The minimum Gasteiger partial charge on any atom is -0.376 e. The quantitative estimate of drug-likeness (QED) is 0.878. The molecule has 1 N–H and O–H groups in total. The molecule has 7 nitrogen and oxygen atoms in total. The minimum absolute atomic E-state index is 0.0202. The Kier molecular flexibility index (Phi) is 4.01. The number of hydrogen-bond acceptors (Lipinski definition) is 4. The van der Waals surface area contributed by atoms with Crippen molar-refractivity contribution in [3.63, 3.8) is 0 Å². The fourth-order valence-corrected chi connectivity index (χ4v) is 4.60. The molecule has 5 heterocycles. The minimum atomic E-state index is -0.488. The molecule has 7 heteroatoms. The van der Waals surface area contributed by atoms with Crippen molar-refractivity contribution in [3.05, 3.63) is 23.5 Å². The second-order valence-corrected chi connectivity index (χ2v) is 7.85. The second kappa shape index (κ2) is 6.39. The van der Waals surface area contributed by atoms with E-state index in [0.29, 0.717) is 38.8 Å². The summed E-state index contributed by atoms with van der Waals surface area (Å²) >= 11 is 0. The van der Waals surface area contributed by atoms with Crippen molar-refractivity contribution in [3.8, 4) is 0 Å². The van der Waals surface area contributed by atoms with E-state index in [1.54, 1.807) is 0 Å². The summed E-state index contributed by atoms with van der Waals surface area (Å²) in [7, 11) is 0. The van der Waals surface area contributed by atoms with Gasteiger partial charge < -0.3 is 24.3 Å². The summed E-state index contributed by atoms with van der Waals surface area (Å²) in [5, 5.41) is 0. The Balaban J connectivity index is 1.30. The largest absolute Gasteiger partial charge is 0.376 e. The number of nitrogens with zero attached hydrogens (tertiary/aromatic N) is 2. The van der Waals surface area contributed by atoms with E-state index in [0.717, 1.165) is 24.1 Å². The monoisotopic (exact) mass is 359 g/mol. The number of carbonyl (C=O) groups excluding carboxylic acids is 2. The molecule has 140 valence electrons. The standard InChI is InChI=1S/C19H25N3O4/c23-18(15-5-6-20-17(15)12-1-2-12)21-9-14-4-3-13(21)10-22(14)19(24)16-11-25-7-8-26-16/h5-6,12-14,16,20H,1-4,7-11H2. The van der Waals surface area contributed by atoms with E-state index < -0.39 is 6.10 Å². The molecule has 1 saturated carbocycles. The van der Waals surface area contributed by atoms with Crippen molar-refractivity contribution in [2.45, 2.75) is 49.8 Å². The normalized spacial score (nSPS) is 31.3. The Morgan fingerprint density at radius 3 is 2.46 bits per heavy atom. The maximum atomic E-state index is 13.1. The molecule has 1 aromatic rings. The van der Waals surface area contributed by atoms with Gasteiger partial charge in [-0.2, -0.15) is 0 Å². The summed E-state index contributed by atoms with van der Waals surface area (Å²) in [6.07, 6.45) is 5.64. The molecule has 5 aliphatic rings. The molecule has 26 heavy (non-hydrogen) atoms. The van der Waals surface area contributed by atoms with Crippen LogP contribution in [0.4, 0.5) is 0 Å². The summed E-state index contributed by atoms with van der Waals surface area (Å²) in [5.41, 5.74) is 1.92. The third kappa shape index (κ3) is 2.74. The van der Waals surface area contributed by atoms with Gasteiger partial charge in [0.05, 0.1) is 25.4 Å². The molecule has 0 spiro atoms. The molecule has 0 radical (unpaired) electrons. The smallest absolute Gasteiger partial charge is 0.256 e. The first-order chi connectivity index (χ1) is 12.7.